The van der Waals surface area contributed by atoms with E-state index in [0.29, 0.717) is 11.7 Å². The Kier molecular flexibility index (Phi) is 10.5. The molecule has 2 fully saturated rings. The highest BCUT2D eigenvalue weighted by Gasteiger charge is 2.40. The van der Waals surface area contributed by atoms with Crippen molar-refractivity contribution >= 4 is 17.6 Å². The molecule has 0 radical (unpaired) electrons. The van der Waals surface area contributed by atoms with Crippen LogP contribution in [0.1, 0.15) is 75.5 Å². The van der Waals surface area contributed by atoms with Crippen LogP contribution in [0.5, 0.6) is 0 Å². The van der Waals surface area contributed by atoms with Crippen LogP contribution in [0.15, 0.2) is 61.2 Å². The second-order valence-corrected chi connectivity index (χ2v) is 10.9. The van der Waals surface area contributed by atoms with E-state index >= 15 is 0 Å². The third kappa shape index (κ3) is 7.57. The van der Waals surface area contributed by atoms with Crippen molar-refractivity contribution in [1.82, 2.24) is 4.90 Å². The number of amides is 1. The highest BCUT2D eigenvalue weighted by molar-refractivity contribution is 5.95. The summed E-state index contributed by atoms with van der Waals surface area (Å²) in [4.78, 5) is 26.3. The van der Waals surface area contributed by atoms with Gasteiger partial charge in [-0.1, -0.05) is 62.2 Å². The van der Waals surface area contributed by atoms with Crippen molar-refractivity contribution in [2.75, 3.05) is 18.4 Å². The summed E-state index contributed by atoms with van der Waals surface area (Å²) in [5.74, 6) is -0.859. The van der Waals surface area contributed by atoms with Gasteiger partial charge in [0.25, 0.3) is 5.91 Å². The van der Waals surface area contributed by atoms with Crippen molar-refractivity contribution in [2.24, 2.45) is 5.92 Å². The maximum absolute atomic E-state index is 12.5. The maximum Gasteiger partial charge on any atom is 0.303 e. The topological polar surface area (TPSA) is 97.3 Å². The van der Waals surface area contributed by atoms with Gasteiger partial charge in [0.05, 0.1) is 18.8 Å². The second-order valence-electron chi connectivity index (χ2n) is 10.9. The number of hydrogen-bond acceptors (Lipinski definition) is 7. The molecule has 40 heavy (non-hydrogen) atoms. The molecule has 8 heteroatoms. The normalized spacial score (nSPS) is 24.0. The quantitative estimate of drug-likeness (QED) is 0.290. The number of ether oxygens (including phenoxy) is 3. The summed E-state index contributed by atoms with van der Waals surface area (Å²) >= 11 is 0. The number of carbonyl (C=O) groups excluding carboxylic acids is 2. The molecule has 2 aromatic carbocycles. The molecule has 2 aliphatic rings. The first-order chi connectivity index (χ1) is 19.3. The number of aliphatic hydroxyl groups is 1. The molecule has 1 aliphatic carbocycles. The first kappa shape index (κ1) is 29.9. The largest absolute Gasteiger partial charge is 0.453 e. The number of nitrogens with zero attached hydrogens (tertiary/aromatic N) is 1. The number of rotatable bonds is 11. The smallest absolute Gasteiger partial charge is 0.303 e. The molecular formula is C32H42N2O6. The number of hydrogen-bond donors (Lipinski definition) is 2. The van der Waals surface area contributed by atoms with E-state index in [0.717, 1.165) is 29.8 Å². The maximum atomic E-state index is 12.5. The lowest BCUT2D eigenvalue weighted by atomic mass is 9.89. The molecule has 5 unspecified atom stereocenters. The highest BCUT2D eigenvalue weighted by Crippen LogP contribution is 2.42. The van der Waals surface area contributed by atoms with E-state index in [1.54, 1.807) is 6.07 Å². The standard InChI is InChI=1S/C32H42N2O6/c1-5-17-34(28-11-6-7-12-28)19-29-21(2)30(25-15-13-24(20-35)14-16-25)40-32(39-29)26-9-8-10-27(18-26)33-31(37)22(3)38-23(4)36/h5,8-10,13-16,18,21-22,28-30,32,35H,1,6-7,11-12,17,19-20H2,2-4H3,(H,33,37). The molecule has 4 rings (SSSR count). The summed E-state index contributed by atoms with van der Waals surface area (Å²) in [5, 5.41) is 12.3. The fourth-order valence-corrected chi connectivity index (χ4v) is 5.68. The summed E-state index contributed by atoms with van der Waals surface area (Å²) in [6, 6.07) is 15.8. The zero-order chi connectivity index (χ0) is 28.6. The average molecular weight is 551 g/mol. The second kappa shape index (κ2) is 14.0. The van der Waals surface area contributed by atoms with Crippen LogP contribution in [-0.2, 0) is 30.4 Å². The Morgan fingerprint density at radius 2 is 1.88 bits per heavy atom. The van der Waals surface area contributed by atoms with Gasteiger partial charge in [-0.2, -0.15) is 0 Å². The Hall–Kier alpha value is -3.04. The molecule has 216 valence electrons. The van der Waals surface area contributed by atoms with Crippen molar-refractivity contribution in [1.29, 1.82) is 0 Å². The molecule has 1 saturated carbocycles. The van der Waals surface area contributed by atoms with Crippen LogP contribution in [0.2, 0.25) is 0 Å². The monoisotopic (exact) mass is 550 g/mol. The minimum Gasteiger partial charge on any atom is -0.453 e. The lowest BCUT2D eigenvalue weighted by Crippen LogP contribution is -2.47. The third-order valence-electron chi connectivity index (χ3n) is 7.88. The van der Waals surface area contributed by atoms with E-state index in [9.17, 15) is 14.7 Å². The SMILES string of the molecule is C=CCN(CC1OC(c2cccc(NC(=O)C(C)OC(C)=O)c2)OC(c2ccc(CO)cc2)C1C)C1CCCC1. The van der Waals surface area contributed by atoms with Crippen molar-refractivity contribution in [2.45, 2.75) is 83.7 Å². The Morgan fingerprint density at radius 1 is 1.15 bits per heavy atom. The fraction of sp³-hybridized carbons (Fsp3) is 0.500. The van der Waals surface area contributed by atoms with Crippen LogP contribution < -0.4 is 5.32 Å². The van der Waals surface area contributed by atoms with E-state index in [4.69, 9.17) is 14.2 Å². The van der Waals surface area contributed by atoms with Gasteiger partial charge >= 0.3 is 5.97 Å². The third-order valence-corrected chi connectivity index (χ3v) is 7.88. The molecule has 0 bridgehead atoms. The number of benzene rings is 2. The Labute approximate surface area is 237 Å². The van der Waals surface area contributed by atoms with Crippen LogP contribution >= 0.6 is 0 Å². The Morgan fingerprint density at radius 3 is 2.52 bits per heavy atom. The van der Waals surface area contributed by atoms with Crippen molar-refractivity contribution < 1.29 is 28.9 Å². The van der Waals surface area contributed by atoms with Crippen LogP contribution in [0.3, 0.4) is 0 Å². The first-order valence-electron chi connectivity index (χ1n) is 14.2. The zero-order valence-electron chi connectivity index (χ0n) is 23.8. The van der Waals surface area contributed by atoms with Gasteiger partial charge in [-0.05, 0) is 43.0 Å². The van der Waals surface area contributed by atoms with Gasteiger partial charge < -0.3 is 24.6 Å². The number of anilines is 1. The minimum atomic E-state index is -0.911. The molecule has 2 N–H and O–H groups in total. The summed E-state index contributed by atoms with van der Waals surface area (Å²) in [5.41, 5.74) is 3.22. The lowest BCUT2D eigenvalue weighted by molar-refractivity contribution is -0.276. The van der Waals surface area contributed by atoms with Crippen LogP contribution in [0.25, 0.3) is 0 Å². The molecule has 8 nitrogen and oxygen atoms in total. The van der Waals surface area contributed by atoms with Gasteiger partial charge in [-0.15, -0.1) is 6.58 Å². The van der Waals surface area contributed by atoms with Gasteiger partial charge in [-0.3, -0.25) is 14.5 Å². The molecule has 1 amide bonds. The van der Waals surface area contributed by atoms with Gasteiger partial charge in [0.2, 0.25) is 0 Å². The van der Waals surface area contributed by atoms with Gasteiger partial charge in [-0.25, -0.2) is 0 Å². The van der Waals surface area contributed by atoms with Crippen LogP contribution in [-0.4, -0.2) is 53.2 Å². The number of carbonyl (C=O) groups is 2. The molecule has 1 aliphatic heterocycles. The van der Waals surface area contributed by atoms with Gasteiger partial charge in [0.1, 0.15) is 0 Å². The molecule has 1 heterocycles. The van der Waals surface area contributed by atoms with Gasteiger partial charge in [0.15, 0.2) is 12.4 Å². The minimum absolute atomic E-state index is 0.0117. The lowest BCUT2D eigenvalue weighted by Gasteiger charge is -2.43. The molecule has 5 atom stereocenters. The predicted octanol–water partition coefficient (Wildman–Crippen LogP) is 5.29. The summed E-state index contributed by atoms with van der Waals surface area (Å²) in [6.07, 6.45) is 4.94. The number of esters is 1. The summed E-state index contributed by atoms with van der Waals surface area (Å²) < 4.78 is 18.3. The van der Waals surface area contributed by atoms with E-state index in [1.807, 2.05) is 48.5 Å². The van der Waals surface area contributed by atoms with Crippen molar-refractivity contribution in [3.8, 4) is 0 Å². The van der Waals surface area contributed by atoms with Gasteiger partial charge in [0, 0.05) is 43.2 Å². The highest BCUT2D eigenvalue weighted by atomic mass is 16.7. The Bertz CT molecular complexity index is 1150. The number of aliphatic hydroxyl groups excluding tert-OH is 1. The van der Waals surface area contributed by atoms with Crippen LogP contribution in [0, 0.1) is 5.92 Å². The summed E-state index contributed by atoms with van der Waals surface area (Å²) in [7, 11) is 0. The number of nitrogens with one attached hydrogen (secondary N) is 1. The van der Waals surface area contributed by atoms with E-state index in [2.05, 4.69) is 23.7 Å². The molecule has 2 aromatic rings. The zero-order valence-corrected chi connectivity index (χ0v) is 23.8. The predicted molar refractivity (Wildman–Crippen MR) is 153 cm³/mol. The van der Waals surface area contributed by atoms with E-state index in [-0.39, 0.29) is 24.7 Å². The van der Waals surface area contributed by atoms with E-state index in [1.165, 1.54) is 39.5 Å². The van der Waals surface area contributed by atoms with Crippen molar-refractivity contribution in [3.63, 3.8) is 0 Å². The van der Waals surface area contributed by atoms with E-state index < -0.39 is 24.3 Å². The fourth-order valence-electron chi connectivity index (χ4n) is 5.68. The molecule has 0 spiro atoms. The van der Waals surface area contributed by atoms with Crippen LogP contribution in [0.4, 0.5) is 5.69 Å². The van der Waals surface area contributed by atoms with Crippen molar-refractivity contribution in [3.05, 3.63) is 77.9 Å². The average Bonchev–Trinajstić information content (AvgIpc) is 3.49. The molecular weight excluding hydrogens is 508 g/mol. The molecule has 1 saturated heterocycles. The first-order valence-corrected chi connectivity index (χ1v) is 14.2. The Balaban J connectivity index is 1.59. The summed E-state index contributed by atoms with van der Waals surface area (Å²) in [6.45, 7) is 10.5. The molecule has 0 aromatic heterocycles.